The lowest BCUT2D eigenvalue weighted by Gasteiger charge is -2.15. The van der Waals surface area contributed by atoms with Gasteiger partial charge in [-0.15, -0.1) is 0 Å². The molecule has 0 aromatic heterocycles. The number of hydrogen-bond acceptors (Lipinski definition) is 0. The molecule has 0 amide bonds. The Kier molecular flexibility index (Phi) is 6.96. The first kappa shape index (κ1) is 13.3. The summed E-state index contributed by atoms with van der Waals surface area (Å²) in [7, 11) is 0. The summed E-state index contributed by atoms with van der Waals surface area (Å²) in [6, 6.07) is 10.9. The molecule has 0 aliphatic rings. The van der Waals surface area contributed by atoms with Crippen LogP contribution in [0.5, 0.6) is 0 Å². The van der Waals surface area contributed by atoms with Crippen LogP contribution in [0.3, 0.4) is 0 Å². The van der Waals surface area contributed by atoms with Gasteiger partial charge in [-0.3, -0.25) is 0 Å². The zero-order chi connectivity index (χ0) is 11.6. The molecular weight excluding hydrogens is 192 g/mol. The Bertz CT molecular complexity index is 250. The predicted molar refractivity (Wildman–Crippen MR) is 72.7 cm³/mol. The predicted octanol–water partition coefficient (Wildman–Crippen LogP) is 5.23. The summed E-state index contributed by atoms with van der Waals surface area (Å²) < 4.78 is 0. The first-order valence-electron chi connectivity index (χ1n) is 6.90. The van der Waals surface area contributed by atoms with Crippen LogP contribution >= 0.6 is 0 Å². The second-order valence-corrected chi connectivity index (χ2v) is 4.82. The quantitative estimate of drug-likeness (QED) is 0.561. The largest absolute Gasteiger partial charge is 0.0654 e. The number of benzene rings is 1. The lowest BCUT2D eigenvalue weighted by Crippen LogP contribution is -2.02. The minimum atomic E-state index is 0.949. The highest BCUT2D eigenvalue weighted by molar-refractivity contribution is 5.14. The zero-order valence-electron chi connectivity index (χ0n) is 10.9. The number of aryl methyl sites for hydroxylation is 1. The Morgan fingerprint density at radius 2 is 1.62 bits per heavy atom. The van der Waals surface area contributed by atoms with Gasteiger partial charge in [-0.05, 0) is 24.3 Å². The van der Waals surface area contributed by atoms with E-state index in [9.17, 15) is 0 Å². The molecule has 0 spiro atoms. The molecule has 0 aliphatic carbocycles. The second-order valence-electron chi connectivity index (χ2n) is 4.82. The average Bonchev–Trinajstić information content (AvgIpc) is 2.34. The standard InChI is InChI=1S/C16H26/c1-3-5-10-15(9-4-2)13-14-16-11-7-6-8-12-16/h6-8,11-12,15H,3-5,9-10,13-14H2,1-2H3. The van der Waals surface area contributed by atoms with Crippen LogP contribution < -0.4 is 0 Å². The summed E-state index contributed by atoms with van der Waals surface area (Å²) in [6.45, 7) is 4.60. The molecule has 0 heterocycles. The fraction of sp³-hybridized carbons (Fsp3) is 0.625. The van der Waals surface area contributed by atoms with Crippen molar-refractivity contribution in [2.75, 3.05) is 0 Å². The van der Waals surface area contributed by atoms with Crippen LogP contribution in [-0.4, -0.2) is 0 Å². The van der Waals surface area contributed by atoms with Gasteiger partial charge in [0.05, 0.1) is 0 Å². The Hall–Kier alpha value is -0.780. The van der Waals surface area contributed by atoms with Crippen LogP contribution in [0.4, 0.5) is 0 Å². The summed E-state index contributed by atoms with van der Waals surface area (Å²) in [5, 5.41) is 0. The molecule has 0 saturated heterocycles. The third-order valence-electron chi connectivity index (χ3n) is 3.35. The van der Waals surface area contributed by atoms with Crippen LogP contribution in [0.2, 0.25) is 0 Å². The molecule has 1 aromatic rings. The summed E-state index contributed by atoms with van der Waals surface area (Å²) in [5.41, 5.74) is 1.50. The normalized spacial score (nSPS) is 12.6. The van der Waals surface area contributed by atoms with Crippen LogP contribution in [0.15, 0.2) is 30.3 Å². The summed E-state index contributed by atoms with van der Waals surface area (Å²) >= 11 is 0. The van der Waals surface area contributed by atoms with Crippen molar-refractivity contribution < 1.29 is 0 Å². The maximum Gasteiger partial charge on any atom is -0.0276 e. The summed E-state index contributed by atoms with van der Waals surface area (Å²) in [6.07, 6.45) is 9.55. The third-order valence-corrected chi connectivity index (χ3v) is 3.35. The molecule has 0 fully saturated rings. The van der Waals surface area contributed by atoms with Crippen molar-refractivity contribution in [1.82, 2.24) is 0 Å². The van der Waals surface area contributed by atoms with Gasteiger partial charge in [0.25, 0.3) is 0 Å². The van der Waals surface area contributed by atoms with E-state index in [-0.39, 0.29) is 0 Å². The monoisotopic (exact) mass is 218 g/mol. The van der Waals surface area contributed by atoms with E-state index in [1.165, 1.54) is 50.5 Å². The SMILES string of the molecule is CCCCC(CCC)CCc1ccccc1. The topological polar surface area (TPSA) is 0 Å². The lowest BCUT2D eigenvalue weighted by atomic mass is 9.91. The van der Waals surface area contributed by atoms with Crippen LogP contribution in [0.1, 0.15) is 57.9 Å². The molecule has 0 aliphatic heterocycles. The highest BCUT2D eigenvalue weighted by Crippen LogP contribution is 2.20. The maximum absolute atomic E-state index is 2.31. The highest BCUT2D eigenvalue weighted by Gasteiger charge is 2.07. The van der Waals surface area contributed by atoms with Gasteiger partial charge in [0, 0.05) is 0 Å². The van der Waals surface area contributed by atoms with Gasteiger partial charge in [0.2, 0.25) is 0 Å². The number of unbranched alkanes of at least 4 members (excludes halogenated alkanes) is 1. The van der Waals surface area contributed by atoms with Crippen molar-refractivity contribution in [2.45, 2.75) is 58.8 Å². The van der Waals surface area contributed by atoms with E-state index in [2.05, 4.69) is 44.2 Å². The van der Waals surface area contributed by atoms with Crippen LogP contribution in [0, 0.1) is 5.92 Å². The van der Waals surface area contributed by atoms with E-state index in [4.69, 9.17) is 0 Å². The summed E-state index contributed by atoms with van der Waals surface area (Å²) in [4.78, 5) is 0. The van der Waals surface area contributed by atoms with Crippen molar-refractivity contribution in [1.29, 1.82) is 0 Å². The smallest absolute Gasteiger partial charge is 0.0276 e. The second kappa shape index (κ2) is 8.38. The molecule has 90 valence electrons. The minimum Gasteiger partial charge on any atom is -0.0654 e. The van der Waals surface area contributed by atoms with Crippen molar-refractivity contribution in [3.8, 4) is 0 Å². The molecule has 0 bridgehead atoms. The summed E-state index contributed by atoms with van der Waals surface area (Å²) in [5.74, 6) is 0.949. The molecule has 16 heavy (non-hydrogen) atoms. The first-order valence-corrected chi connectivity index (χ1v) is 6.90. The van der Waals surface area contributed by atoms with E-state index in [0.717, 1.165) is 5.92 Å². The third kappa shape index (κ3) is 5.34. The van der Waals surface area contributed by atoms with Gasteiger partial charge in [0.1, 0.15) is 0 Å². The van der Waals surface area contributed by atoms with Crippen molar-refractivity contribution >= 4 is 0 Å². The van der Waals surface area contributed by atoms with Crippen molar-refractivity contribution in [3.05, 3.63) is 35.9 Å². The molecule has 0 N–H and O–H groups in total. The van der Waals surface area contributed by atoms with E-state index >= 15 is 0 Å². The van der Waals surface area contributed by atoms with Gasteiger partial charge < -0.3 is 0 Å². The molecule has 0 nitrogen and oxygen atoms in total. The van der Waals surface area contributed by atoms with Gasteiger partial charge in [-0.2, -0.15) is 0 Å². The van der Waals surface area contributed by atoms with Crippen LogP contribution in [0.25, 0.3) is 0 Å². The van der Waals surface area contributed by atoms with E-state index < -0.39 is 0 Å². The Labute approximate surface area is 101 Å². The van der Waals surface area contributed by atoms with E-state index in [1.807, 2.05) is 0 Å². The number of hydrogen-bond donors (Lipinski definition) is 0. The average molecular weight is 218 g/mol. The fourth-order valence-corrected chi connectivity index (χ4v) is 2.35. The zero-order valence-corrected chi connectivity index (χ0v) is 10.9. The van der Waals surface area contributed by atoms with Gasteiger partial charge >= 0.3 is 0 Å². The molecule has 0 saturated carbocycles. The molecule has 0 radical (unpaired) electrons. The van der Waals surface area contributed by atoms with Crippen molar-refractivity contribution in [3.63, 3.8) is 0 Å². The Morgan fingerprint density at radius 3 is 2.25 bits per heavy atom. The molecule has 0 heteroatoms. The van der Waals surface area contributed by atoms with Gasteiger partial charge in [-0.25, -0.2) is 0 Å². The van der Waals surface area contributed by atoms with Gasteiger partial charge in [0.15, 0.2) is 0 Å². The lowest BCUT2D eigenvalue weighted by molar-refractivity contribution is 0.402. The van der Waals surface area contributed by atoms with E-state index in [1.54, 1.807) is 0 Å². The highest BCUT2D eigenvalue weighted by atomic mass is 14.1. The van der Waals surface area contributed by atoms with Crippen molar-refractivity contribution in [2.24, 2.45) is 5.92 Å². The Balaban J connectivity index is 2.31. The molecular formula is C16H26. The van der Waals surface area contributed by atoms with E-state index in [0.29, 0.717) is 0 Å². The molecule has 1 unspecified atom stereocenters. The van der Waals surface area contributed by atoms with Crippen LogP contribution in [-0.2, 0) is 6.42 Å². The maximum atomic E-state index is 2.31. The molecule has 1 aromatic carbocycles. The Morgan fingerprint density at radius 1 is 0.875 bits per heavy atom. The number of rotatable bonds is 8. The fourth-order valence-electron chi connectivity index (χ4n) is 2.35. The van der Waals surface area contributed by atoms with Gasteiger partial charge in [-0.1, -0.05) is 76.3 Å². The molecule has 1 rings (SSSR count). The minimum absolute atomic E-state index is 0.949. The molecule has 1 atom stereocenters. The first-order chi connectivity index (χ1) is 7.86.